The van der Waals surface area contributed by atoms with E-state index in [1.54, 1.807) is 12.1 Å². The summed E-state index contributed by atoms with van der Waals surface area (Å²) in [6, 6.07) is 5.90. The fourth-order valence-electron chi connectivity index (χ4n) is 3.84. The molecule has 2 aromatic rings. The first kappa shape index (κ1) is 14.2. The van der Waals surface area contributed by atoms with Gasteiger partial charge in [0.1, 0.15) is 5.82 Å². The Balaban J connectivity index is 1.82. The molecule has 7 heteroatoms. The van der Waals surface area contributed by atoms with Gasteiger partial charge in [0.2, 0.25) is 4.73 Å². The summed E-state index contributed by atoms with van der Waals surface area (Å²) in [5.74, 6) is 0.877. The van der Waals surface area contributed by atoms with Gasteiger partial charge in [0, 0.05) is 0 Å². The van der Waals surface area contributed by atoms with E-state index in [-0.39, 0.29) is 5.41 Å². The molecule has 0 saturated heterocycles. The molecule has 2 bridgehead atoms. The Labute approximate surface area is 133 Å². The van der Waals surface area contributed by atoms with Crippen LogP contribution in [0.25, 0.3) is 0 Å². The summed E-state index contributed by atoms with van der Waals surface area (Å²) < 4.78 is 40.8. The summed E-state index contributed by atoms with van der Waals surface area (Å²) in [7, 11) is 0. The minimum absolute atomic E-state index is 0.308. The fraction of sp³-hybridized carbons (Fsp3) is 0.467. The highest BCUT2D eigenvalue weighted by molar-refractivity contribution is 9.10. The highest BCUT2D eigenvalue weighted by Crippen LogP contribution is 2.52. The Morgan fingerprint density at radius 3 is 2.36 bits per heavy atom. The van der Waals surface area contributed by atoms with Crippen LogP contribution in [0.5, 0.6) is 0 Å². The molecular weight excluding hydrogens is 359 g/mol. The zero-order valence-corrected chi connectivity index (χ0v) is 13.2. The van der Waals surface area contributed by atoms with Crippen molar-refractivity contribution in [2.45, 2.75) is 43.3 Å². The van der Waals surface area contributed by atoms with Gasteiger partial charge in [-0.15, -0.1) is 5.10 Å². The maximum absolute atomic E-state index is 12.8. The predicted octanol–water partition coefficient (Wildman–Crippen LogP) is 4.47. The van der Waals surface area contributed by atoms with E-state index in [0.29, 0.717) is 10.8 Å². The van der Waals surface area contributed by atoms with E-state index in [1.807, 2.05) is 4.68 Å². The number of rotatable bonds is 1. The molecule has 1 fully saturated rings. The first-order chi connectivity index (χ1) is 10.4. The van der Waals surface area contributed by atoms with Crippen LogP contribution in [0.15, 0.2) is 29.0 Å². The zero-order chi connectivity index (χ0) is 15.5. The third-order valence-electron chi connectivity index (χ3n) is 4.95. The van der Waals surface area contributed by atoms with Gasteiger partial charge in [-0.05, 0) is 59.3 Å². The largest absolute Gasteiger partial charge is 0.416 e. The lowest BCUT2D eigenvalue weighted by Crippen LogP contribution is -2.43. The molecule has 116 valence electrons. The summed E-state index contributed by atoms with van der Waals surface area (Å²) in [5.41, 5.74) is -0.0164. The minimum Gasteiger partial charge on any atom is -0.245 e. The van der Waals surface area contributed by atoms with Gasteiger partial charge in [-0.1, -0.05) is 12.1 Å². The molecule has 0 atom stereocenters. The zero-order valence-electron chi connectivity index (χ0n) is 11.6. The summed E-state index contributed by atoms with van der Waals surface area (Å²) >= 11 is 3.32. The Morgan fingerprint density at radius 2 is 1.77 bits per heavy atom. The number of hydrogen-bond donors (Lipinski definition) is 0. The quantitative estimate of drug-likeness (QED) is 0.740. The van der Waals surface area contributed by atoms with E-state index in [1.165, 1.54) is 12.1 Å². The number of halogens is 4. The topological polar surface area (TPSA) is 30.7 Å². The van der Waals surface area contributed by atoms with Crippen LogP contribution in [0.3, 0.4) is 0 Å². The molecule has 1 aromatic carbocycles. The minimum atomic E-state index is -4.30. The van der Waals surface area contributed by atoms with Gasteiger partial charge in [0.25, 0.3) is 0 Å². The molecule has 3 nitrogen and oxygen atoms in total. The lowest BCUT2D eigenvalue weighted by molar-refractivity contribution is -0.137. The maximum Gasteiger partial charge on any atom is 0.416 e. The van der Waals surface area contributed by atoms with E-state index in [0.717, 1.165) is 37.1 Å². The summed E-state index contributed by atoms with van der Waals surface area (Å²) in [4.78, 5) is 4.50. The highest BCUT2D eigenvalue weighted by Gasteiger charge is 2.48. The first-order valence-electron chi connectivity index (χ1n) is 7.20. The van der Waals surface area contributed by atoms with Crippen molar-refractivity contribution in [1.82, 2.24) is 14.8 Å². The summed E-state index contributed by atoms with van der Waals surface area (Å²) in [5, 5.41) is 4.40. The van der Waals surface area contributed by atoms with E-state index >= 15 is 0 Å². The standard InChI is InChI=1S/C15H13BrF3N3/c16-13-20-12-14(7-5-11(6-8-14)22(12)21-13)9-1-3-10(4-2-9)15(17,18)19/h1-4,11H,5-8H2. The van der Waals surface area contributed by atoms with Crippen molar-refractivity contribution in [3.63, 3.8) is 0 Å². The van der Waals surface area contributed by atoms with E-state index in [9.17, 15) is 13.2 Å². The molecule has 0 unspecified atom stereocenters. The van der Waals surface area contributed by atoms with Gasteiger partial charge in [-0.25, -0.2) is 9.67 Å². The highest BCUT2D eigenvalue weighted by atomic mass is 79.9. The Morgan fingerprint density at radius 1 is 1.14 bits per heavy atom. The number of benzene rings is 1. The van der Waals surface area contributed by atoms with Crippen LogP contribution in [0.4, 0.5) is 13.2 Å². The number of alkyl halides is 3. The van der Waals surface area contributed by atoms with E-state index < -0.39 is 11.7 Å². The van der Waals surface area contributed by atoms with Crippen molar-refractivity contribution < 1.29 is 13.2 Å². The number of fused-ring (bicyclic) bond motifs is 2. The Hall–Kier alpha value is -1.37. The van der Waals surface area contributed by atoms with Gasteiger partial charge in [0.15, 0.2) is 0 Å². The van der Waals surface area contributed by atoms with Gasteiger partial charge >= 0.3 is 6.18 Å². The molecule has 5 rings (SSSR count). The van der Waals surface area contributed by atoms with Crippen molar-refractivity contribution >= 4 is 15.9 Å². The van der Waals surface area contributed by atoms with E-state index in [4.69, 9.17) is 0 Å². The van der Waals surface area contributed by atoms with Crippen LogP contribution < -0.4 is 0 Å². The average molecular weight is 372 g/mol. The average Bonchev–Trinajstić information content (AvgIpc) is 2.91. The molecule has 22 heavy (non-hydrogen) atoms. The second-order valence-electron chi connectivity index (χ2n) is 6.04. The van der Waals surface area contributed by atoms with Crippen LogP contribution in [-0.4, -0.2) is 14.8 Å². The van der Waals surface area contributed by atoms with Crippen molar-refractivity contribution in [2.24, 2.45) is 0 Å². The third-order valence-corrected chi connectivity index (χ3v) is 5.29. The summed E-state index contributed by atoms with van der Waals surface area (Å²) in [6.07, 6.45) is -0.501. The molecule has 0 N–H and O–H groups in total. The first-order valence-corrected chi connectivity index (χ1v) is 8.00. The monoisotopic (exact) mass is 371 g/mol. The van der Waals surface area contributed by atoms with Gasteiger partial charge < -0.3 is 0 Å². The molecule has 0 radical (unpaired) electrons. The molecule has 1 aromatic heterocycles. The molecule has 0 amide bonds. The van der Waals surface area contributed by atoms with Crippen molar-refractivity contribution in [1.29, 1.82) is 0 Å². The summed E-state index contributed by atoms with van der Waals surface area (Å²) in [6.45, 7) is 0. The molecule has 2 aliphatic heterocycles. The van der Waals surface area contributed by atoms with Crippen molar-refractivity contribution in [3.05, 3.63) is 46.0 Å². The molecule has 0 spiro atoms. The second kappa shape index (κ2) is 4.57. The number of hydrogen-bond acceptors (Lipinski definition) is 2. The van der Waals surface area contributed by atoms with Crippen LogP contribution >= 0.6 is 15.9 Å². The van der Waals surface area contributed by atoms with Crippen LogP contribution in [0.1, 0.15) is 48.7 Å². The third kappa shape index (κ3) is 1.94. The number of aromatic nitrogens is 3. The fourth-order valence-corrected chi connectivity index (χ4v) is 4.18. The predicted molar refractivity (Wildman–Crippen MR) is 77.5 cm³/mol. The Kier molecular flexibility index (Phi) is 2.95. The second-order valence-corrected chi connectivity index (χ2v) is 6.75. The van der Waals surface area contributed by atoms with Crippen molar-refractivity contribution in [3.8, 4) is 0 Å². The number of nitrogens with zero attached hydrogens (tertiary/aromatic N) is 3. The van der Waals surface area contributed by atoms with Crippen LogP contribution in [-0.2, 0) is 11.6 Å². The lowest BCUT2D eigenvalue weighted by Gasteiger charge is -2.45. The van der Waals surface area contributed by atoms with Gasteiger partial charge in [0.05, 0.1) is 17.0 Å². The van der Waals surface area contributed by atoms with Crippen molar-refractivity contribution in [2.75, 3.05) is 0 Å². The molecule has 1 aliphatic carbocycles. The maximum atomic E-state index is 12.8. The molecule has 1 saturated carbocycles. The van der Waals surface area contributed by atoms with E-state index in [2.05, 4.69) is 26.0 Å². The van der Waals surface area contributed by atoms with Gasteiger partial charge in [-0.3, -0.25) is 0 Å². The molecule has 3 heterocycles. The molecule has 3 aliphatic rings. The van der Waals surface area contributed by atoms with Gasteiger partial charge in [-0.2, -0.15) is 13.2 Å². The Bertz CT molecular complexity index is 713. The SMILES string of the molecule is FC(F)(F)c1ccc(C23CCC(CC2)n2nc(Br)nc23)cc1. The van der Waals surface area contributed by atoms with Crippen LogP contribution in [0.2, 0.25) is 0 Å². The normalized spacial score (nSPS) is 27.0. The smallest absolute Gasteiger partial charge is 0.245 e. The lowest BCUT2D eigenvalue weighted by atomic mass is 9.65. The van der Waals surface area contributed by atoms with Crippen LogP contribution in [0, 0.1) is 0 Å². The molecular formula is C15H13BrF3N3.